The van der Waals surface area contributed by atoms with Gasteiger partial charge in [-0.1, -0.05) is 12.1 Å². The average molecular weight is 314 g/mol. The van der Waals surface area contributed by atoms with Gasteiger partial charge in [-0.05, 0) is 43.3 Å². The molecule has 2 rings (SSSR count). The molecule has 5 heteroatoms. The number of para-hydroxylation sites is 1. The van der Waals surface area contributed by atoms with Crippen molar-refractivity contribution in [1.29, 1.82) is 0 Å². The van der Waals surface area contributed by atoms with Crippen molar-refractivity contribution in [3.05, 3.63) is 59.7 Å². The number of ether oxygens (including phenoxy) is 3. The van der Waals surface area contributed by atoms with Gasteiger partial charge in [0.15, 0.2) is 12.4 Å². The summed E-state index contributed by atoms with van der Waals surface area (Å²) in [5, 5.41) is 0. The molecule has 0 aromatic heterocycles. The lowest BCUT2D eigenvalue weighted by atomic mass is 10.0. The van der Waals surface area contributed by atoms with Crippen LogP contribution in [0.25, 0.3) is 0 Å². The lowest BCUT2D eigenvalue weighted by Crippen LogP contribution is -2.16. The molecule has 0 fully saturated rings. The summed E-state index contributed by atoms with van der Waals surface area (Å²) in [4.78, 5) is 24.0. The zero-order valence-electron chi connectivity index (χ0n) is 13.1. The quantitative estimate of drug-likeness (QED) is 0.581. The van der Waals surface area contributed by atoms with Gasteiger partial charge in [-0.2, -0.15) is 0 Å². The maximum Gasteiger partial charge on any atom is 0.344 e. The Labute approximate surface area is 134 Å². The van der Waals surface area contributed by atoms with Crippen LogP contribution >= 0.6 is 0 Å². The highest BCUT2D eigenvalue weighted by Gasteiger charge is 2.15. The van der Waals surface area contributed by atoms with Crippen LogP contribution in [0.15, 0.2) is 48.5 Å². The number of hydrogen-bond donors (Lipinski definition) is 0. The lowest BCUT2D eigenvalue weighted by molar-refractivity contribution is -0.145. The van der Waals surface area contributed by atoms with Crippen molar-refractivity contribution in [3.8, 4) is 11.5 Å². The van der Waals surface area contributed by atoms with Gasteiger partial charge in [0.1, 0.15) is 11.5 Å². The molecule has 0 saturated heterocycles. The maximum absolute atomic E-state index is 12.6. The minimum absolute atomic E-state index is 0.188. The first kappa shape index (κ1) is 16.5. The van der Waals surface area contributed by atoms with Crippen LogP contribution in [0.2, 0.25) is 0 Å². The van der Waals surface area contributed by atoms with Crippen LogP contribution in [0.3, 0.4) is 0 Å². The minimum atomic E-state index is -0.473. The second-order valence-electron chi connectivity index (χ2n) is 4.65. The van der Waals surface area contributed by atoms with Gasteiger partial charge < -0.3 is 14.2 Å². The number of ketones is 1. The summed E-state index contributed by atoms with van der Waals surface area (Å²) < 4.78 is 15.3. The third-order valence-electron chi connectivity index (χ3n) is 3.13. The van der Waals surface area contributed by atoms with Gasteiger partial charge in [0.25, 0.3) is 0 Å². The zero-order chi connectivity index (χ0) is 16.7. The van der Waals surface area contributed by atoms with E-state index in [0.717, 1.165) is 0 Å². The van der Waals surface area contributed by atoms with E-state index in [2.05, 4.69) is 0 Å². The molecule has 0 aliphatic carbocycles. The molecule has 0 unspecified atom stereocenters. The van der Waals surface area contributed by atoms with Crippen LogP contribution in [-0.2, 0) is 9.53 Å². The number of carbonyl (C=O) groups excluding carboxylic acids is 2. The predicted octanol–water partition coefficient (Wildman–Crippen LogP) is 2.87. The van der Waals surface area contributed by atoms with Gasteiger partial charge in [0.05, 0.1) is 19.3 Å². The van der Waals surface area contributed by atoms with E-state index in [-0.39, 0.29) is 19.0 Å². The zero-order valence-corrected chi connectivity index (χ0v) is 13.1. The Balaban J connectivity index is 2.18. The Bertz CT molecular complexity index is 676. The van der Waals surface area contributed by atoms with Crippen LogP contribution in [0.5, 0.6) is 11.5 Å². The number of benzene rings is 2. The van der Waals surface area contributed by atoms with Crippen molar-refractivity contribution in [2.75, 3.05) is 20.3 Å². The van der Waals surface area contributed by atoms with Gasteiger partial charge in [-0.3, -0.25) is 4.79 Å². The molecule has 0 bridgehead atoms. The fourth-order valence-corrected chi connectivity index (χ4v) is 2.02. The Morgan fingerprint density at radius 2 is 1.70 bits per heavy atom. The number of esters is 1. The SMILES string of the molecule is CCOC(=O)COc1ccccc1C(=O)c1ccc(OC)cc1. The molecule has 120 valence electrons. The topological polar surface area (TPSA) is 61.8 Å². The van der Waals surface area contributed by atoms with Gasteiger partial charge in [-0.15, -0.1) is 0 Å². The van der Waals surface area contributed by atoms with E-state index in [9.17, 15) is 9.59 Å². The Morgan fingerprint density at radius 3 is 2.35 bits per heavy atom. The molecule has 0 N–H and O–H groups in total. The van der Waals surface area contributed by atoms with Crippen LogP contribution in [-0.4, -0.2) is 32.1 Å². The first-order chi connectivity index (χ1) is 11.2. The van der Waals surface area contributed by atoms with E-state index in [1.165, 1.54) is 0 Å². The Kier molecular flexibility index (Phi) is 5.74. The summed E-state index contributed by atoms with van der Waals surface area (Å²) in [5.41, 5.74) is 0.903. The minimum Gasteiger partial charge on any atom is -0.497 e. The molecule has 0 aliphatic rings. The smallest absolute Gasteiger partial charge is 0.344 e. The van der Waals surface area contributed by atoms with Gasteiger partial charge >= 0.3 is 5.97 Å². The second-order valence-corrected chi connectivity index (χ2v) is 4.65. The number of carbonyl (C=O) groups is 2. The molecule has 0 amide bonds. The van der Waals surface area contributed by atoms with Gasteiger partial charge in [0, 0.05) is 5.56 Å². The van der Waals surface area contributed by atoms with Crippen molar-refractivity contribution in [3.63, 3.8) is 0 Å². The largest absolute Gasteiger partial charge is 0.497 e. The van der Waals surface area contributed by atoms with E-state index < -0.39 is 5.97 Å². The molecule has 0 spiro atoms. The molecular weight excluding hydrogens is 296 g/mol. The van der Waals surface area contributed by atoms with E-state index in [0.29, 0.717) is 22.6 Å². The molecule has 0 radical (unpaired) electrons. The first-order valence-electron chi connectivity index (χ1n) is 7.22. The highest BCUT2D eigenvalue weighted by atomic mass is 16.6. The first-order valence-corrected chi connectivity index (χ1v) is 7.22. The molecule has 5 nitrogen and oxygen atoms in total. The third-order valence-corrected chi connectivity index (χ3v) is 3.13. The summed E-state index contributed by atoms with van der Waals surface area (Å²) >= 11 is 0. The second kappa shape index (κ2) is 7.98. The number of rotatable bonds is 7. The Hall–Kier alpha value is -2.82. The van der Waals surface area contributed by atoms with Crippen LogP contribution < -0.4 is 9.47 Å². The van der Waals surface area contributed by atoms with Crippen molar-refractivity contribution in [2.45, 2.75) is 6.92 Å². The number of hydrogen-bond acceptors (Lipinski definition) is 5. The summed E-state index contributed by atoms with van der Waals surface area (Å²) in [5.74, 6) is 0.362. The fourth-order valence-electron chi connectivity index (χ4n) is 2.02. The lowest BCUT2D eigenvalue weighted by Gasteiger charge is -2.10. The molecule has 0 heterocycles. The summed E-state index contributed by atoms with van der Waals surface area (Å²) in [6.07, 6.45) is 0. The molecule has 0 saturated carbocycles. The summed E-state index contributed by atoms with van der Waals surface area (Å²) in [6, 6.07) is 13.6. The summed E-state index contributed by atoms with van der Waals surface area (Å²) in [6.45, 7) is 1.77. The predicted molar refractivity (Wildman–Crippen MR) is 85.0 cm³/mol. The van der Waals surface area contributed by atoms with Gasteiger partial charge in [0.2, 0.25) is 0 Å². The number of methoxy groups -OCH3 is 1. The fraction of sp³-hybridized carbons (Fsp3) is 0.222. The van der Waals surface area contributed by atoms with E-state index in [1.807, 2.05) is 0 Å². The molecule has 0 atom stereocenters. The van der Waals surface area contributed by atoms with Crippen molar-refractivity contribution >= 4 is 11.8 Å². The van der Waals surface area contributed by atoms with E-state index >= 15 is 0 Å². The van der Waals surface area contributed by atoms with Gasteiger partial charge in [-0.25, -0.2) is 4.79 Å². The van der Waals surface area contributed by atoms with Crippen molar-refractivity contribution in [2.24, 2.45) is 0 Å². The average Bonchev–Trinajstić information content (AvgIpc) is 2.60. The maximum atomic E-state index is 12.6. The highest BCUT2D eigenvalue weighted by molar-refractivity contribution is 6.10. The third kappa shape index (κ3) is 4.32. The molecule has 23 heavy (non-hydrogen) atoms. The van der Waals surface area contributed by atoms with Crippen LogP contribution in [0.1, 0.15) is 22.8 Å². The van der Waals surface area contributed by atoms with Crippen LogP contribution in [0, 0.1) is 0 Å². The monoisotopic (exact) mass is 314 g/mol. The van der Waals surface area contributed by atoms with Crippen LogP contribution in [0.4, 0.5) is 0 Å². The van der Waals surface area contributed by atoms with Crippen molar-refractivity contribution < 1.29 is 23.8 Å². The normalized spacial score (nSPS) is 10.0. The standard InChI is InChI=1S/C18H18O5/c1-3-22-17(19)12-23-16-7-5-4-6-15(16)18(20)13-8-10-14(21-2)11-9-13/h4-11H,3,12H2,1-2H3. The Morgan fingerprint density at radius 1 is 1.00 bits per heavy atom. The summed E-state index contributed by atoms with van der Waals surface area (Å²) in [7, 11) is 1.56. The molecule has 2 aromatic carbocycles. The van der Waals surface area contributed by atoms with E-state index in [1.54, 1.807) is 62.6 Å². The molecular formula is C18H18O5. The van der Waals surface area contributed by atoms with E-state index in [4.69, 9.17) is 14.2 Å². The molecule has 0 aliphatic heterocycles. The molecule has 2 aromatic rings. The van der Waals surface area contributed by atoms with Crippen molar-refractivity contribution in [1.82, 2.24) is 0 Å². The highest BCUT2D eigenvalue weighted by Crippen LogP contribution is 2.22.